The summed E-state index contributed by atoms with van der Waals surface area (Å²) in [6, 6.07) is 3.96. The summed E-state index contributed by atoms with van der Waals surface area (Å²) in [6.07, 6.45) is 1.79. The molecule has 5 heteroatoms. The number of hydrogen-bond acceptors (Lipinski definition) is 4. The molecule has 0 aromatic carbocycles. The van der Waals surface area contributed by atoms with Gasteiger partial charge in [-0.3, -0.25) is 4.98 Å². The standard InChI is InChI=1S/C10H17BN2O2/c1-13(2)8-10-6-5-9(7-12-10)11(14-3)15-4/h5-7H,8H2,1-4H3. The first-order chi connectivity index (χ1) is 7.17. The molecule has 0 spiro atoms. The third-order valence-corrected chi connectivity index (χ3v) is 2.03. The second-order valence-electron chi connectivity index (χ2n) is 3.62. The van der Waals surface area contributed by atoms with Crippen molar-refractivity contribution in [2.24, 2.45) is 0 Å². The summed E-state index contributed by atoms with van der Waals surface area (Å²) in [5.41, 5.74) is 1.97. The van der Waals surface area contributed by atoms with E-state index in [1.807, 2.05) is 26.2 Å². The van der Waals surface area contributed by atoms with E-state index in [0.717, 1.165) is 17.7 Å². The average molecular weight is 208 g/mol. The van der Waals surface area contributed by atoms with Gasteiger partial charge in [0.1, 0.15) is 0 Å². The van der Waals surface area contributed by atoms with Gasteiger partial charge in [-0.05, 0) is 20.2 Å². The fourth-order valence-corrected chi connectivity index (χ4v) is 1.36. The van der Waals surface area contributed by atoms with E-state index in [9.17, 15) is 0 Å². The Morgan fingerprint density at radius 1 is 1.27 bits per heavy atom. The number of nitrogens with zero attached hydrogens (tertiary/aromatic N) is 2. The zero-order valence-corrected chi connectivity index (χ0v) is 9.73. The molecule has 0 aliphatic carbocycles. The summed E-state index contributed by atoms with van der Waals surface area (Å²) < 4.78 is 10.3. The van der Waals surface area contributed by atoms with Crippen LogP contribution < -0.4 is 5.46 Å². The van der Waals surface area contributed by atoms with E-state index in [0.29, 0.717) is 0 Å². The third kappa shape index (κ3) is 3.62. The summed E-state index contributed by atoms with van der Waals surface area (Å²) >= 11 is 0. The molecule has 0 amide bonds. The van der Waals surface area contributed by atoms with Crippen LogP contribution in [0.1, 0.15) is 5.69 Å². The van der Waals surface area contributed by atoms with Crippen molar-refractivity contribution in [3.05, 3.63) is 24.0 Å². The summed E-state index contributed by atoms with van der Waals surface area (Å²) in [7, 11) is 6.93. The maximum absolute atomic E-state index is 5.13. The minimum absolute atomic E-state index is 0.328. The van der Waals surface area contributed by atoms with Gasteiger partial charge in [-0.25, -0.2) is 0 Å². The predicted octanol–water partition coefficient (Wildman–Crippen LogP) is 0.131. The van der Waals surface area contributed by atoms with Crippen LogP contribution in [0.25, 0.3) is 0 Å². The molecule has 4 nitrogen and oxygen atoms in total. The minimum atomic E-state index is -0.328. The lowest BCUT2D eigenvalue weighted by atomic mass is 9.80. The normalized spacial score (nSPS) is 10.7. The molecule has 0 unspecified atom stereocenters. The van der Waals surface area contributed by atoms with Gasteiger partial charge >= 0.3 is 7.12 Å². The molecule has 1 aromatic heterocycles. The molecule has 0 aliphatic rings. The zero-order chi connectivity index (χ0) is 11.3. The van der Waals surface area contributed by atoms with E-state index in [-0.39, 0.29) is 7.12 Å². The molecule has 0 atom stereocenters. The summed E-state index contributed by atoms with van der Waals surface area (Å²) in [4.78, 5) is 6.41. The molecule has 1 rings (SSSR count). The Hall–Kier alpha value is -0.905. The van der Waals surface area contributed by atoms with Crippen molar-refractivity contribution in [3.8, 4) is 0 Å². The Bertz CT molecular complexity index is 286. The van der Waals surface area contributed by atoms with E-state index in [2.05, 4.69) is 9.88 Å². The van der Waals surface area contributed by atoms with Gasteiger partial charge < -0.3 is 14.2 Å². The number of aromatic nitrogens is 1. The first-order valence-electron chi connectivity index (χ1n) is 4.82. The molecule has 82 valence electrons. The Balaban J connectivity index is 2.71. The van der Waals surface area contributed by atoms with E-state index < -0.39 is 0 Å². The topological polar surface area (TPSA) is 34.6 Å². The van der Waals surface area contributed by atoms with E-state index in [1.165, 1.54) is 0 Å². The average Bonchev–Trinajstić information content (AvgIpc) is 2.21. The van der Waals surface area contributed by atoms with Gasteiger partial charge in [-0.1, -0.05) is 6.07 Å². The highest BCUT2D eigenvalue weighted by molar-refractivity contribution is 6.61. The fourth-order valence-electron chi connectivity index (χ4n) is 1.36. The molecule has 1 aromatic rings. The highest BCUT2D eigenvalue weighted by Crippen LogP contribution is 1.97. The van der Waals surface area contributed by atoms with E-state index in [1.54, 1.807) is 20.4 Å². The van der Waals surface area contributed by atoms with E-state index in [4.69, 9.17) is 9.31 Å². The van der Waals surface area contributed by atoms with Crippen molar-refractivity contribution in [2.75, 3.05) is 28.3 Å². The van der Waals surface area contributed by atoms with Crippen LogP contribution in [0.5, 0.6) is 0 Å². The SMILES string of the molecule is COB(OC)c1ccc(CN(C)C)nc1. The second kappa shape index (κ2) is 5.85. The van der Waals surface area contributed by atoms with Crippen LogP contribution in [0, 0.1) is 0 Å². The van der Waals surface area contributed by atoms with Gasteiger partial charge in [0.15, 0.2) is 0 Å². The molecule has 0 radical (unpaired) electrons. The Morgan fingerprint density at radius 3 is 2.33 bits per heavy atom. The van der Waals surface area contributed by atoms with Gasteiger partial charge in [-0.15, -0.1) is 0 Å². The molecule has 0 N–H and O–H groups in total. The van der Waals surface area contributed by atoms with Crippen LogP contribution >= 0.6 is 0 Å². The van der Waals surface area contributed by atoms with Crippen LogP contribution in [-0.4, -0.2) is 45.3 Å². The van der Waals surface area contributed by atoms with Crippen molar-refractivity contribution < 1.29 is 9.31 Å². The fraction of sp³-hybridized carbons (Fsp3) is 0.500. The van der Waals surface area contributed by atoms with Gasteiger partial charge in [0.25, 0.3) is 0 Å². The number of rotatable bonds is 5. The lowest BCUT2D eigenvalue weighted by Crippen LogP contribution is -2.35. The molecular formula is C10H17BN2O2. The lowest BCUT2D eigenvalue weighted by Gasteiger charge is -2.11. The van der Waals surface area contributed by atoms with Gasteiger partial charge in [-0.2, -0.15) is 0 Å². The van der Waals surface area contributed by atoms with Gasteiger partial charge in [0.2, 0.25) is 0 Å². The highest BCUT2D eigenvalue weighted by atomic mass is 16.6. The first-order valence-corrected chi connectivity index (χ1v) is 4.82. The highest BCUT2D eigenvalue weighted by Gasteiger charge is 2.17. The van der Waals surface area contributed by atoms with Crippen molar-refractivity contribution >= 4 is 12.6 Å². The van der Waals surface area contributed by atoms with Gasteiger partial charge in [0.05, 0.1) is 5.69 Å². The lowest BCUT2D eigenvalue weighted by molar-refractivity contribution is 0.292. The van der Waals surface area contributed by atoms with Crippen molar-refractivity contribution in [1.82, 2.24) is 9.88 Å². The van der Waals surface area contributed by atoms with Crippen LogP contribution in [0.3, 0.4) is 0 Å². The maximum atomic E-state index is 5.13. The molecule has 0 saturated heterocycles. The number of hydrogen-bond donors (Lipinski definition) is 0. The molecule has 0 fully saturated rings. The number of pyridine rings is 1. The van der Waals surface area contributed by atoms with Crippen molar-refractivity contribution in [1.29, 1.82) is 0 Å². The summed E-state index contributed by atoms with van der Waals surface area (Å²) in [5.74, 6) is 0. The molecule has 15 heavy (non-hydrogen) atoms. The second-order valence-corrected chi connectivity index (χ2v) is 3.62. The predicted molar refractivity (Wildman–Crippen MR) is 61.0 cm³/mol. The Labute approximate surface area is 91.4 Å². The Morgan fingerprint density at radius 2 is 1.93 bits per heavy atom. The molecule has 0 aliphatic heterocycles. The summed E-state index contributed by atoms with van der Waals surface area (Å²) in [5, 5.41) is 0. The monoisotopic (exact) mass is 208 g/mol. The summed E-state index contributed by atoms with van der Waals surface area (Å²) in [6.45, 7) is 0.838. The van der Waals surface area contributed by atoms with Crippen molar-refractivity contribution in [3.63, 3.8) is 0 Å². The smallest absolute Gasteiger partial charge is 0.410 e. The van der Waals surface area contributed by atoms with Crippen LogP contribution in [0.15, 0.2) is 18.3 Å². The van der Waals surface area contributed by atoms with Crippen LogP contribution in [0.2, 0.25) is 0 Å². The Kier molecular flexibility index (Phi) is 4.75. The molecule has 1 heterocycles. The first kappa shape index (κ1) is 12.2. The molecule has 0 bridgehead atoms. The van der Waals surface area contributed by atoms with Crippen molar-refractivity contribution in [2.45, 2.75) is 6.54 Å². The third-order valence-electron chi connectivity index (χ3n) is 2.03. The largest absolute Gasteiger partial charge is 0.495 e. The molecule has 0 saturated carbocycles. The molecular weight excluding hydrogens is 191 g/mol. The van der Waals surface area contributed by atoms with E-state index >= 15 is 0 Å². The minimum Gasteiger partial charge on any atom is -0.410 e. The van der Waals surface area contributed by atoms with Gasteiger partial charge in [0, 0.05) is 32.4 Å². The zero-order valence-electron chi connectivity index (χ0n) is 9.73. The van der Waals surface area contributed by atoms with Crippen LogP contribution in [-0.2, 0) is 15.9 Å². The maximum Gasteiger partial charge on any atom is 0.495 e. The van der Waals surface area contributed by atoms with Crippen LogP contribution in [0.4, 0.5) is 0 Å². The quantitative estimate of drug-likeness (QED) is 0.644.